The predicted octanol–water partition coefficient (Wildman–Crippen LogP) is 3.10. The van der Waals surface area contributed by atoms with Crippen LogP contribution in [0.1, 0.15) is 30.4 Å². The monoisotopic (exact) mass is 453 g/mol. The normalized spacial score (nSPS) is 15.4. The molecule has 6 heteroatoms. The number of aryl methyl sites for hydroxylation is 2. The summed E-state index contributed by atoms with van der Waals surface area (Å²) in [7, 11) is 1.83. The minimum absolute atomic E-state index is 0. The van der Waals surface area contributed by atoms with Gasteiger partial charge in [0.2, 0.25) is 0 Å². The number of aromatic nitrogens is 2. The van der Waals surface area contributed by atoms with Crippen molar-refractivity contribution in [3.63, 3.8) is 0 Å². The van der Waals surface area contributed by atoms with E-state index in [1.807, 2.05) is 30.2 Å². The van der Waals surface area contributed by atoms with Crippen LogP contribution in [0.25, 0.3) is 0 Å². The third kappa shape index (κ3) is 5.20. The topological polar surface area (TPSA) is 54.2 Å². The molecule has 0 unspecified atom stereocenters. The third-order valence-corrected chi connectivity index (χ3v) is 4.80. The Kier molecular flexibility index (Phi) is 7.28. The largest absolute Gasteiger partial charge is 0.356 e. The first-order valence-electron chi connectivity index (χ1n) is 8.72. The van der Waals surface area contributed by atoms with Crippen LogP contribution in [0.15, 0.2) is 47.7 Å². The maximum absolute atomic E-state index is 4.34. The Labute approximate surface area is 167 Å². The van der Waals surface area contributed by atoms with Crippen molar-refractivity contribution < 1.29 is 0 Å². The van der Waals surface area contributed by atoms with Crippen LogP contribution in [0.5, 0.6) is 0 Å². The van der Waals surface area contributed by atoms with Crippen LogP contribution in [0, 0.1) is 6.92 Å². The quantitative estimate of drug-likeness (QED) is 0.293. The minimum atomic E-state index is 0. The van der Waals surface area contributed by atoms with E-state index >= 15 is 0 Å². The van der Waals surface area contributed by atoms with Crippen molar-refractivity contribution in [1.29, 1.82) is 0 Å². The molecule has 136 valence electrons. The van der Waals surface area contributed by atoms with Gasteiger partial charge in [-0.1, -0.05) is 24.3 Å². The van der Waals surface area contributed by atoms with Gasteiger partial charge in [-0.2, -0.15) is 5.10 Å². The summed E-state index contributed by atoms with van der Waals surface area (Å²) in [6.45, 7) is 4.95. The molecule has 25 heavy (non-hydrogen) atoms. The Bertz CT molecular complexity index is 677. The smallest absolute Gasteiger partial charge is 0.191 e. The summed E-state index contributed by atoms with van der Waals surface area (Å²) < 4.78 is 1.95. The average molecular weight is 453 g/mol. The summed E-state index contributed by atoms with van der Waals surface area (Å²) in [5.41, 5.74) is 3.16. The second-order valence-corrected chi connectivity index (χ2v) is 6.57. The van der Waals surface area contributed by atoms with Gasteiger partial charge >= 0.3 is 0 Å². The number of guanidine groups is 1. The molecule has 1 heterocycles. The van der Waals surface area contributed by atoms with Gasteiger partial charge in [0.05, 0.1) is 0 Å². The molecule has 0 radical (unpaired) electrons. The van der Waals surface area contributed by atoms with E-state index in [-0.39, 0.29) is 29.4 Å². The zero-order valence-corrected chi connectivity index (χ0v) is 17.4. The highest BCUT2D eigenvalue weighted by Gasteiger charge is 2.44. The minimum Gasteiger partial charge on any atom is -0.356 e. The maximum atomic E-state index is 4.34. The second kappa shape index (κ2) is 9.22. The fraction of sp³-hybridized carbons (Fsp3) is 0.474. The second-order valence-electron chi connectivity index (χ2n) is 6.57. The van der Waals surface area contributed by atoms with E-state index in [2.05, 4.69) is 51.9 Å². The summed E-state index contributed by atoms with van der Waals surface area (Å²) >= 11 is 0. The summed E-state index contributed by atoms with van der Waals surface area (Å²) in [6.07, 6.45) is 7.33. The van der Waals surface area contributed by atoms with E-state index in [4.69, 9.17) is 0 Å². The Morgan fingerprint density at radius 1 is 1.24 bits per heavy atom. The van der Waals surface area contributed by atoms with E-state index in [1.165, 1.54) is 24.0 Å². The highest BCUT2D eigenvalue weighted by molar-refractivity contribution is 14.0. The summed E-state index contributed by atoms with van der Waals surface area (Å²) in [6, 6.07) is 10.7. The lowest BCUT2D eigenvalue weighted by atomic mass is 9.92. The lowest BCUT2D eigenvalue weighted by Crippen LogP contribution is -2.41. The molecular formula is C19H28IN5. The van der Waals surface area contributed by atoms with Crippen molar-refractivity contribution >= 4 is 29.9 Å². The van der Waals surface area contributed by atoms with Crippen molar-refractivity contribution in [3.05, 3.63) is 53.9 Å². The molecule has 1 fully saturated rings. The van der Waals surface area contributed by atoms with Crippen molar-refractivity contribution in [2.24, 2.45) is 4.99 Å². The standard InChI is InChI=1S/C19H27N5.HI/c1-16-7-3-4-8-17(16)19(9-10-19)15-22-18(20-2)21-11-5-13-24-14-6-12-23-24;/h3-4,6-8,12,14H,5,9-11,13,15H2,1-2H3,(H2,20,21,22);1H. The van der Waals surface area contributed by atoms with Gasteiger partial charge < -0.3 is 10.6 Å². The maximum Gasteiger partial charge on any atom is 0.191 e. The molecule has 1 aromatic heterocycles. The van der Waals surface area contributed by atoms with Crippen LogP contribution >= 0.6 is 24.0 Å². The number of aliphatic imine (C=N–C) groups is 1. The van der Waals surface area contributed by atoms with Crippen LogP contribution in [0.4, 0.5) is 0 Å². The zero-order chi connectivity index (χ0) is 16.8. The lowest BCUT2D eigenvalue weighted by Gasteiger charge is -2.20. The van der Waals surface area contributed by atoms with E-state index < -0.39 is 0 Å². The third-order valence-electron chi connectivity index (χ3n) is 4.80. The van der Waals surface area contributed by atoms with Crippen molar-refractivity contribution in [1.82, 2.24) is 20.4 Å². The molecular weight excluding hydrogens is 425 g/mol. The molecule has 1 saturated carbocycles. The number of nitrogens with zero attached hydrogens (tertiary/aromatic N) is 3. The Hall–Kier alpha value is -1.57. The molecule has 0 atom stereocenters. The molecule has 0 saturated heterocycles. The van der Waals surface area contributed by atoms with Crippen LogP contribution in [-0.2, 0) is 12.0 Å². The number of halogens is 1. The number of rotatable bonds is 7. The van der Waals surface area contributed by atoms with E-state index in [1.54, 1.807) is 0 Å². The first-order chi connectivity index (χ1) is 11.7. The van der Waals surface area contributed by atoms with Gasteiger partial charge in [-0.15, -0.1) is 24.0 Å². The Morgan fingerprint density at radius 2 is 2.04 bits per heavy atom. The molecule has 0 bridgehead atoms. The van der Waals surface area contributed by atoms with Gasteiger partial charge in [-0.25, -0.2) is 0 Å². The fourth-order valence-corrected chi connectivity index (χ4v) is 3.21. The van der Waals surface area contributed by atoms with Gasteiger partial charge in [-0.05, 0) is 43.4 Å². The first kappa shape index (κ1) is 19.8. The van der Waals surface area contributed by atoms with Crippen LogP contribution in [-0.4, -0.2) is 35.9 Å². The summed E-state index contributed by atoms with van der Waals surface area (Å²) in [4.78, 5) is 4.34. The fourth-order valence-electron chi connectivity index (χ4n) is 3.21. The lowest BCUT2D eigenvalue weighted by molar-refractivity contribution is 0.567. The van der Waals surface area contributed by atoms with Crippen molar-refractivity contribution in [2.75, 3.05) is 20.1 Å². The average Bonchev–Trinajstić information content (AvgIpc) is 3.20. The molecule has 1 aliphatic rings. The first-order valence-corrected chi connectivity index (χ1v) is 8.72. The van der Waals surface area contributed by atoms with Crippen LogP contribution in [0.2, 0.25) is 0 Å². The molecule has 0 aliphatic heterocycles. The van der Waals surface area contributed by atoms with E-state index in [0.29, 0.717) is 0 Å². The van der Waals surface area contributed by atoms with Gasteiger partial charge in [0.25, 0.3) is 0 Å². The highest BCUT2D eigenvalue weighted by Crippen LogP contribution is 2.48. The molecule has 0 amide bonds. The number of benzene rings is 1. The number of hydrogen-bond acceptors (Lipinski definition) is 2. The molecule has 1 aliphatic carbocycles. The van der Waals surface area contributed by atoms with Crippen LogP contribution in [0.3, 0.4) is 0 Å². The van der Waals surface area contributed by atoms with Crippen molar-refractivity contribution in [3.8, 4) is 0 Å². The molecule has 2 aromatic rings. The predicted molar refractivity (Wildman–Crippen MR) is 114 cm³/mol. The molecule has 2 N–H and O–H groups in total. The van der Waals surface area contributed by atoms with Crippen molar-refractivity contribution in [2.45, 2.75) is 38.1 Å². The summed E-state index contributed by atoms with van der Waals surface area (Å²) in [5, 5.41) is 11.1. The Balaban J connectivity index is 0.00000225. The Morgan fingerprint density at radius 3 is 2.68 bits per heavy atom. The van der Waals surface area contributed by atoms with E-state index in [0.717, 1.165) is 32.0 Å². The van der Waals surface area contributed by atoms with Gasteiger partial charge in [0.15, 0.2) is 5.96 Å². The van der Waals surface area contributed by atoms with Crippen LogP contribution < -0.4 is 10.6 Å². The highest BCUT2D eigenvalue weighted by atomic mass is 127. The van der Waals surface area contributed by atoms with Gasteiger partial charge in [0.1, 0.15) is 0 Å². The molecule has 3 rings (SSSR count). The molecule has 0 spiro atoms. The SMILES string of the molecule is CN=C(NCCCn1cccn1)NCC1(c2ccccc2C)CC1.I. The molecule has 5 nitrogen and oxygen atoms in total. The molecule has 1 aromatic carbocycles. The summed E-state index contributed by atoms with van der Waals surface area (Å²) in [5.74, 6) is 0.885. The number of hydrogen-bond donors (Lipinski definition) is 2. The van der Waals surface area contributed by atoms with Gasteiger partial charge in [-0.3, -0.25) is 9.67 Å². The zero-order valence-electron chi connectivity index (χ0n) is 15.0. The van der Waals surface area contributed by atoms with Gasteiger partial charge in [0, 0.05) is 44.5 Å². The number of nitrogens with one attached hydrogen (secondary N) is 2. The van der Waals surface area contributed by atoms with E-state index in [9.17, 15) is 0 Å².